The van der Waals surface area contributed by atoms with Crippen molar-refractivity contribution in [1.29, 1.82) is 0 Å². The summed E-state index contributed by atoms with van der Waals surface area (Å²) in [4.78, 5) is 11.1. The highest BCUT2D eigenvalue weighted by Crippen LogP contribution is 2.07. The SMILES string of the molecule is O=C(/C=C/c1ccccc1F)NCCO. The van der Waals surface area contributed by atoms with E-state index in [-0.39, 0.29) is 24.9 Å². The van der Waals surface area contributed by atoms with Gasteiger partial charge >= 0.3 is 0 Å². The summed E-state index contributed by atoms with van der Waals surface area (Å²) in [5.74, 6) is -0.726. The third-order valence-electron chi connectivity index (χ3n) is 1.73. The lowest BCUT2D eigenvalue weighted by atomic mass is 10.2. The van der Waals surface area contributed by atoms with Gasteiger partial charge in [0.05, 0.1) is 6.61 Å². The summed E-state index contributed by atoms with van der Waals surface area (Å²) >= 11 is 0. The number of aliphatic hydroxyl groups is 1. The van der Waals surface area contributed by atoms with Crippen LogP contribution in [0.2, 0.25) is 0 Å². The minimum Gasteiger partial charge on any atom is -0.395 e. The molecule has 15 heavy (non-hydrogen) atoms. The Bertz CT molecular complexity index is 363. The van der Waals surface area contributed by atoms with Crippen molar-refractivity contribution in [3.8, 4) is 0 Å². The normalized spacial score (nSPS) is 10.5. The van der Waals surface area contributed by atoms with E-state index in [1.807, 2.05) is 0 Å². The van der Waals surface area contributed by atoms with Crippen LogP contribution in [0.1, 0.15) is 5.56 Å². The molecule has 0 radical (unpaired) electrons. The first-order chi connectivity index (χ1) is 7.24. The van der Waals surface area contributed by atoms with Crippen LogP contribution < -0.4 is 5.32 Å². The molecule has 2 N–H and O–H groups in total. The average Bonchev–Trinajstić information content (AvgIpc) is 2.25. The van der Waals surface area contributed by atoms with Gasteiger partial charge in [0.2, 0.25) is 5.91 Å². The molecule has 1 amide bonds. The summed E-state index contributed by atoms with van der Waals surface area (Å²) in [7, 11) is 0. The van der Waals surface area contributed by atoms with Gasteiger partial charge in [-0.2, -0.15) is 0 Å². The molecule has 0 unspecified atom stereocenters. The summed E-state index contributed by atoms with van der Waals surface area (Å²) in [6, 6.07) is 6.17. The first-order valence-corrected chi connectivity index (χ1v) is 4.55. The van der Waals surface area contributed by atoms with Gasteiger partial charge in [0.25, 0.3) is 0 Å². The Kier molecular flexibility index (Phi) is 4.50. The van der Waals surface area contributed by atoms with Crippen molar-refractivity contribution >= 4 is 12.0 Å². The largest absolute Gasteiger partial charge is 0.395 e. The van der Waals surface area contributed by atoms with Gasteiger partial charge in [-0.3, -0.25) is 4.79 Å². The van der Waals surface area contributed by atoms with Crippen LogP contribution in [0.3, 0.4) is 0 Å². The third kappa shape index (κ3) is 3.91. The summed E-state index contributed by atoms with van der Waals surface area (Å²) in [5, 5.41) is 10.9. The molecule has 0 atom stereocenters. The van der Waals surface area contributed by atoms with Crippen LogP contribution >= 0.6 is 0 Å². The predicted octanol–water partition coefficient (Wildman–Crippen LogP) is 0.947. The van der Waals surface area contributed by atoms with E-state index in [9.17, 15) is 9.18 Å². The molecule has 1 aromatic carbocycles. The van der Waals surface area contributed by atoms with E-state index < -0.39 is 0 Å². The number of aliphatic hydroxyl groups excluding tert-OH is 1. The molecule has 0 heterocycles. The van der Waals surface area contributed by atoms with E-state index in [4.69, 9.17) is 5.11 Å². The Hall–Kier alpha value is -1.68. The van der Waals surface area contributed by atoms with Gasteiger partial charge < -0.3 is 10.4 Å². The number of hydrogen-bond acceptors (Lipinski definition) is 2. The molecule has 0 aliphatic heterocycles. The Morgan fingerprint density at radius 3 is 2.87 bits per heavy atom. The highest BCUT2D eigenvalue weighted by atomic mass is 19.1. The molecule has 80 valence electrons. The monoisotopic (exact) mass is 209 g/mol. The van der Waals surface area contributed by atoms with Gasteiger partial charge in [-0.15, -0.1) is 0 Å². The van der Waals surface area contributed by atoms with Crippen molar-refractivity contribution in [3.05, 3.63) is 41.7 Å². The molecule has 0 aliphatic rings. The number of halogens is 1. The van der Waals surface area contributed by atoms with Crippen LogP contribution in [0, 0.1) is 5.82 Å². The lowest BCUT2D eigenvalue weighted by molar-refractivity contribution is -0.116. The zero-order valence-corrected chi connectivity index (χ0v) is 8.11. The number of rotatable bonds is 4. The molecular formula is C11H12FNO2. The standard InChI is InChI=1S/C11H12FNO2/c12-10-4-2-1-3-9(10)5-6-11(15)13-7-8-14/h1-6,14H,7-8H2,(H,13,15)/b6-5+. The minimum atomic E-state index is -0.372. The maximum Gasteiger partial charge on any atom is 0.244 e. The predicted molar refractivity (Wildman–Crippen MR) is 55.5 cm³/mol. The first-order valence-electron chi connectivity index (χ1n) is 4.55. The summed E-state index contributed by atoms with van der Waals surface area (Å²) < 4.78 is 13.1. The van der Waals surface area contributed by atoms with E-state index in [0.717, 1.165) is 0 Å². The second-order valence-corrected chi connectivity index (χ2v) is 2.87. The Labute approximate surface area is 87.2 Å². The van der Waals surface area contributed by atoms with Crippen molar-refractivity contribution < 1.29 is 14.3 Å². The Balaban J connectivity index is 2.58. The molecule has 0 aromatic heterocycles. The second kappa shape index (κ2) is 5.93. The van der Waals surface area contributed by atoms with Crippen LogP contribution in [0.25, 0.3) is 6.08 Å². The Morgan fingerprint density at radius 2 is 2.20 bits per heavy atom. The van der Waals surface area contributed by atoms with E-state index in [0.29, 0.717) is 5.56 Å². The number of carbonyl (C=O) groups is 1. The lowest BCUT2D eigenvalue weighted by Crippen LogP contribution is -2.24. The highest BCUT2D eigenvalue weighted by Gasteiger charge is 1.97. The molecule has 3 nitrogen and oxygen atoms in total. The number of nitrogens with one attached hydrogen (secondary N) is 1. The summed E-state index contributed by atoms with van der Waals surface area (Å²) in [5.41, 5.74) is 0.358. The smallest absolute Gasteiger partial charge is 0.244 e. The van der Waals surface area contributed by atoms with E-state index >= 15 is 0 Å². The lowest BCUT2D eigenvalue weighted by Gasteiger charge is -1.98. The van der Waals surface area contributed by atoms with Crippen LogP contribution in [0.4, 0.5) is 4.39 Å². The zero-order chi connectivity index (χ0) is 11.1. The zero-order valence-electron chi connectivity index (χ0n) is 8.11. The van der Waals surface area contributed by atoms with E-state index in [2.05, 4.69) is 5.32 Å². The molecule has 0 fully saturated rings. The van der Waals surface area contributed by atoms with E-state index in [1.165, 1.54) is 18.2 Å². The van der Waals surface area contributed by atoms with Gasteiger partial charge in [-0.25, -0.2) is 4.39 Å². The van der Waals surface area contributed by atoms with Crippen molar-refractivity contribution in [2.75, 3.05) is 13.2 Å². The quantitative estimate of drug-likeness (QED) is 0.725. The highest BCUT2D eigenvalue weighted by molar-refractivity contribution is 5.91. The van der Waals surface area contributed by atoms with Crippen LogP contribution in [0.15, 0.2) is 30.3 Å². The topological polar surface area (TPSA) is 49.3 Å². The molecule has 0 saturated heterocycles. The first kappa shape index (κ1) is 11.4. The van der Waals surface area contributed by atoms with Crippen molar-refractivity contribution in [3.63, 3.8) is 0 Å². The fourth-order valence-electron chi connectivity index (χ4n) is 1.01. The van der Waals surface area contributed by atoms with Crippen molar-refractivity contribution in [2.45, 2.75) is 0 Å². The van der Waals surface area contributed by atoms with Crippen LogP contribution in [-0.2, 0) is 4.79 Å². The fourth-order valence-corrected chi connectivity index (χ4v) is 1.01. The second-order valence-electron chi connectivity index (χ2n) is 2.87. The summed E-state index contributed by atoms with van der Waals surface area (Å²) in [6.45, 7) is 0.0831. The van der Waals surface area contributed by atoms with Gasteiger partial charge in [0, 0.05) is 18.2 Å². The molecule has 0 saturated carbocycles. The third-order valence-corrected chi connectivity index (χ3v) is 1.73. The number of benzene rings is 1. The van der Waals surface area contributed by atoms with Gasteiger partial charge in [0.15, 0.2) is 0 Å². The van der Waals surface area contributed by atoms with Crippen molar-refractivity contribution in [1.82, 2.24) is 5.32 Å². The Morgan fingerprint density at radius 1 is 1.47 bits per heavy atom. The maximum absolute atomic E-state index is 13.1. The van der Waals surface area contributed by atoms with Crippen LogP contribution in [0.5, 0.6) is 0 Å². The molecule has 1 rings (SSSR count). The molecule has 0 aliphatic carbocycles. The number of carbonyl (C=O) groups excluding carboxylic acids is 1. The average molecular weight is 209 g/mol. The molecule has 1 aromatic rings. The van der Waals surface area contributed by atoms with Crippen LogP contribution in [-0.4, -0.2) is 24.2 Å². The van der Waals surface area contributed by atoms with E-state index in [1.54, 1.807) is 18.2 Å². The number of amides is 1. The van der Waals surface area contributed by atoms with Gasteiger partial charge in [-0.1, -0.05) is 18.2 Å². The van der Waals surface area contributed by atoms with Gasteiger partial charge in [-0.05, 0) is 12.1 Å². The molecule has 0 bridgehead atoms. The molecule has 0 spiro atoms. The van der Waals surface area contributed by atoms with Gasteiger partial charge in [0.1, 0.15) is 5.82 Å². The fraction of sp³-hybridized carbons (Fsp3) is 0.182. The van der Waals surface area contributed by atoms with Crippen molar-refractivity contribution in [2.24, 2.45) is 0 Å². The maximum atomic E-state index is 13.1. The minimum absolute atomic E-state index is 0.112. The molecule has 4 heteroatoms. The molecular weight excluding hydrogens is 197 g/mol. The number of hydrogen-bond donors (Lipinski definition) is 2. The summed E-state index contributed by atoms with van der Waals surface area (Å²) in [6.07, 6.45) is 2.62.